The Labute approximate surface area is 102 Å². The molecule has 0 aliphatic carbocycles. The molecule has 3 nitrogen and oxygen atoms in total. The summed E-state index contributed by atoms with van der Waals surface area (Å²) in [6.45, 7) is 9.09. The van der Waals surface area contributed by atoms with E-state index in [0.29, 0.717) is 16.9 Å². The highest BCUT2D eigenvalue weighted by Gasteiger charge is 2.23. The number of ether oxygens (including phenoxy) is 1. The first-order chi connectivity index (χ1) is 7.79. The molecule has 0 heterocycles. The Hall–Kier alpha value is -1.61. The van der Waals surface area contributed by atoms with E-state index >= 15 is 0 Å². The van der Waals surface area contributed by atoms with Crippen LogP contribution in [0, 0.1) is 0 Å². The van der Waals surface area contributed by atoms with Gasteiger partial charge in [-0.25, -0.2) is 0 Å². The molecule has 0 aromatic heterocycles. The predicted octanol–water partition coefficient (Wildman–Crippen LogP) is 2.65. The van der Waals surface area contributed by atoms with Gasteiger partial charge in [-0.05, 0) is 32.4 Å². The highest BCUT2D eigenvalue weighted by Crippen LogP contribution is 2.32. The van der Waals surface area contributed by atoms with Gasteiger partial charge < -0.3 is 10.5 Å². The number of hydrogen-bond donors (Lipinski definition) is 1. The van der Waals surface area contributed by atoms with E-state index in [4.69, 9.17) is 10.5 Å². The first-order valence-corrected chi connectivity index (χ1v) is 5.45. The summed E-state index contributed by atoms with van der Waals surface area (Å²) in [6.07, 6.45) is 0. The van der Waals surface area contributed by atoms with Crippen LogP contribution >= 0.6 is 0 Å². The van der Waals surface area contributed by atoms with Gasteiger partial charge in [0.15, 0.2) is 5.78 Å². The number of nitrogens with two attached hydrogens (primary N) is 1. The maximum Gasteiger partial charge on any atom is 0.191 e. The Morgan fingerprint density at radius 1 is 1.41 bits per heavy atom. The molecule has 1 aromatic carbocycles. The van der Waals surface area contributed by atoms with Crippen LogP contribution in [0.4, 0.5) is 0 Å². The zero-order valence-corrected chi connectivity index (χ0v) is 10.8. The molecule has 0 aliphatic heterocycles. The van der Waals surface area contributed by atoms with Crippen LogP contribution in [0.1, 0.15) is 36.7 Å². The van der Waals surface area contributed by atoms with Gasteiger partial charge in [0.05, 0.1) is 12.7 Å². The van der Waals surface area contributed by atoms with Crippen molar-refractivity contribution >= 4 is 5.78 Å². The Balaban J connectivity index is 3.44. The summed E-state index contributed by atoms with van der Waals surface area (Å²) in [5, 5.41) is 0. The van der Waals surface area contributed by atoms with Crippen LogP contribution in [-0.2, 0) is 5.54 Å². The number of rotatable bonds is 4. The number of carbonyl (C=O) groups is 1. The summed E-state index contributed by atoms with van der Waals surface area (Å²) >= 11 is 0. The van der Waals surface area contributed by atoms with E-state index < -0.39 is 5.54 Å². The fourth-order valence-electron chi connectivity index (χ4n) is 1.67. The molecule has 2 N–H and O–H groups in total. The highest BCUT2D eigenvalue weighted by molar-refractivity contribution is 6.10. The lowest BCUT2D eigenvalue weighted by Gasteiger charge is -2.23. The van der Waals surface area contributed by atoms with E-state index in [2.05, 4.69) is 6.58 Å². The second-order valence-corrected chi connectivity index (χ2v) is 4.72. The molecule has 0 saturated carbocycles. The second-order valence-electron chi connectivity index (χ2n) is 4.72. The van der Waals surface area contributed by atoms with Crippen LogP contribution < -0.4 is 10.5 Å². The SMILES string of the molecule is C=C(C)C(=O)c1cccc(C(C)(C)N)c1OC. The average Bonchev–Trinajstić information content (AvgIpc) is 2.25. The molecule has 1 aromatic rings. The van der Waals surface area contributed by atoms with Crippen molar-refractivity contribution in [3.05, 3.63) is 41.5 Å². The van der Waals surface area contributed by atoms with Gasteiger partial charge in [0.25, 0.3) is 0 Å². The van der Waals surface area contributed by atoms with Crippen molar-refractivity contribution in [2.75, 3.05) is 7.11 Å². The number of hydrogen-bond acceptors (Lipinski definition) is 3. The summed E-state index contributed by atoms with van der Waals surface area (Å²) in [5.74, 6) is 0.418. The van der Waals surface area contributed by atoms with Crippen LogP contribution in [-0.4, -0.2) is 12.9 Å². The molecule has 0 bridgehead atoms. The predicted molar refractivity (Wildman–Crippen MR) is 69.4 cm³/mol. The molecular weight excluding hydrogens is 214 g/mol. The third kappa shape index (κ3) is 2.74. The lowest BCUT2D eigenvalue weighted by molar-refractivity contribution is 0.103. The van der Waals surface area contributed by atoms with E-state index in [1.54, 1.807) is 20.1 Å². The molecule has 0 fully saturated rings. The van der Waals surface area contributed by atoms with Gasteiger partial charge in [-0.1, -0.05) is 18.7 Å². The fourth-order valence-corrected chi connectivity index (χ4v) is 1.67. The van der Waals surface area contributed by atoms with Crippen molar-refractivity contribution in [2.24, 2.45) is 5.73 Å². The third-order valence-electron chi connectivity index (χ3n) is 2.55. The van der Waals surface area contributed by atoms with Crippen molar-refractivity contribution in [2.45, 2.75) is 26.3 Å². The van der Waals surface area contributed by atoms with E-state index in [9.17, 15) is 4.79 Å². The molecule has 3 heteroatoms. The molecule has 0 amide bonds. The fraction of sp³-hybridized carbons (Fsp3) is 0.357. The summed E-state index contributed by atoms with van der Waals surface area (Å²) in [7, 11) is 1.54. The van der Waals surface area contributed by atoms with Crippen molar-refractivity contribution in [3.63, 3.8) is 0 Å². The molecule has 0 saturated heterocycles. The first kappa shape index (κ1) is 13.5. The van der Waals surface area contributed by atoms with Gasteiger partial charge in [0, 0.05) is 11.1 Å². The van der Waals surface area contributed by atoms with Crippen LogP contribution in [0.15, 0.2) is 30.4 Å². The second kappa shape index (κ2) is 4.72. The number of carbonyl (C=O) groups excluding carboxylic acids is 1. The Morgan fingerprint density at radius 3 is 2.41 bits per heavy atom. The highest BCUT2D eigenvalue weighted by atomic mass is 16.5. The molecule has 0 aliphatic rings. The van der Waals surface area contributed by atoms with Crippen molar-refractivity contribution in [3.8, 4) is 5.75 Å². The molecule has 17 heavy (non-hydrogen) atoms. The lowest BCUT2D eigenvalue weighted by Crippen LogP contribution is -2.29. The van der Waals surface area contributed by atoms with Crippen molar-refractivity contribution in [1.82, 2.24) is 0 Å². The average molecular weight is 233 g/mol. The number of Topliss-reactive ketones (excluding diaryl/α,β-unsaturated/α-hetero) is 1. The minimum absolute atomic E-state index is 0.118. The number of benzene rings is 1. The Bertz CT molecular complexity index is 456. The van der Waals surface area contributed by atoms with Crippen molar-refractivity contribution in [1.29, 1.82) is 0 Å². The van der Waals surface area contributed by atoms with Gasteiger partial charge in [0.2, 0.25) is 0 Å². The maximum absolute atomic E-state index is 12.0. The van der Waals surface area contributed by atoms with E-state index in [0.717, 1.165) is 5.56 Å². The zero-order chi connectivity index (χ0) is 13.2. The minimum Gasteiger partial charge on any atom is -0.496 e. The van der Waals surface area contributed by atoms with Crippen LogP contribution in [0.2, 0.25) is 0 Å². The summed E-state index contributed by atoms with van der Waals surface area (Å²) in [5.41, 5.74) is 7.31. The van der Waals surface area contributed by atoms with Crippen LogP contribution in [0.3, 0.4) is 0 Å². The van der Waals surface area contributed by atoms with Gasteiger partial charge >= 0.3 is 0 Å². The molecular formula is C14H19NO2. The zero-order valence-electron chi connectivity index (χ0n) is 10.8. The standard InChI is InChI=1S/C14H19NO2/c1-9(2)12(16)10-7-6-8-11(13(10)17-5)14(3,4)15/h6-8H,1,15H2,2-5H3. The molecule has 92 valence electrons. The van der Waals surface area contributed by atoms with Gasteiger partial charge in [-0.2, -0.15) is 0 Å². The Morgan fingerprint density at radius 2 is 2.00 bits per heavy atom. The van der Waals surface area contributed by atoms with Crippen LogP contribution in [0.25, 0.3) is 0 Å². The molecule has 0 atom stereocenters. The molecule has 0 spiro atoms. The quantitative estimate of drug-likeness (QED) is 0.642. The molecule has 0 radical (unpaired) electrons. The third-order valence-corrected chi connectivity index (χ3v) is 2.55. The first-order valence-electron chi connectivity index (χ1n) is 5.45. The minimum atomic E-state index is -0.559. The molecule has 1 rings (SSSR count). The van der Waals surface area contributed by atoms with Crippen LogP contribution in [0.5, 0.6) is 5.75 Å². The van der Waals surface area contributed by atoms with E-state index in [-0.39, 0.29) is 5.78 Å². The summed E-state index contributed by atoms with van der Waals surface area (Å²) in [6, 6.07) is 5.40. The van der Waals surface area contributed by atoms with E-state index in [1.165, 1.54) is 0 Å². The van der Waals surface area contributed by atoms with E-state index in [1.807, 2.05) is 26.0 Å². The number of ketones is 1. The summed E-state index contributed by atoms with van der Waals surface area (Å²) < 4.78 is 5.33. The Kier molecular flexibility index (Phi) is 3.73. The van der Waals surface area contributed by atoms with Crippen molar-refractivity contribution < 1.29 is 9.53 Å². The lowest BCUT2D eigenvalue weighted by atomic mass is 9.91. The number of para-hydroxylation sites is 1. The van der Waals surface area contributed by atoms with Gasteiger partial charge in [-0.3, -0.25) is 4.79 Å². The smallest absolute Gasteiger partial charge is 0.191 e. The maximum atomic E-state index is 12.0. The number of methoxy groups -OCH3 is 1. The molecule has 0 unspecified atom stereocenters. The topological polar surface area (TPSA) is 52.3 Å². The van der Waals surface area contributed by atoms with Gasteiger partial charge in [0.1, 0.15) is 5.75 Å². The summed E-state index contributed by atoms with van der Waals surface area (Å²) in [4.78, 5) is 12.0. The normalized spacial score (nSPS) is 11.1. The monoisotopic (exact) mass is 233 g/mol. The number of allylic oxidation sites excluding steroid dienone is 1. The van der Waals surface area contributed by atoms with Gasteiger partial charge in [-0.15, -0.1) is 0 Å². The largest absolute Gasteiger partial charge is 0.496 e.